The van der Waals surface area contributed by atoms with Crippen molar-refractivity contribution in [1.82, 2.24) is 4.57 Å². The highest BCUT2D eigenvalue weighted by molar-refractivity contribution is 6.96. The lowest BCUT2D eigenvalue weighted by Gasteiger charge is -2.23. The molecular weight excluding hydrogens is 397 g/mol. The lowest BCUT2D eigenvalue weighted by atomic mass is 9.34. The number of fused-ring (bicyclic) bond motifs is 3. The van der Waals surface area contributed by atoms with Gasteiger partial charge >= 0.3 is 0 Å². The van der Waals surface area contributed by atoms with Crippen molar-refractivity contribution >= 4 is 44.9 Å². The second kappa shape index (κ2) is 8.26. The summed E-state index contributed by atoms with van der Waals surface area (Å²) in [6.07, 6.45) is 0. The van der Waals surface area contributed by atoms with E-state index in [1.807, 2.05) is 0 Å². The van der Waals surface area contributed by atoms with Crippen LogP contribution in [0.2, 0.25) is 0 Å². The molecule has 164 valence electrons. The first-order valence-corrected chi connectivity index (χ1v) is 12.0. The van der Waals surface area contributed by atoms with Gasteiger partial charge in [0.25, 0.3) is 0 Å². The number of para-hydroxylation sites is 1. The largest absolute Gasteiger partial charge is 0.341 e. The van der Waals surface area contributed by atoms with E-state index in [0.29, 0.717) is 0 Å². The van der Waals surface area contributed by atoms with E-state index in [-0.39, 0.29) is 6.71 Å². The van der Waals surface area contributed by atoms with E-state index >= 15 is 0 Å². The first-order valence-electron chi connectivity index (χ1n) is 12.0. The minimum atomic E-state index is 0.208. The van der Waals surface area contributed by atoms with Gasteiger partial charge in [-0.2, -0.15) is 0 Å². The van der Waals surface area contributed by atoms with E-state index in [1.165, 1.54) is 66.0 Å². The molecule has 4 aromatic carbocycles. The van der Waals surface area contributed by atoms with Crippen molar-refractivity contribution in [2.24, 2.45) is 0 Å². The van der Waals surface area contributed by atoms with Gasteiger partial charge in [-0.25, -0.2) is 0 Å². The molecule has 0 N–H and O–H groups in total. The summed E-state index contributed by atoms with van der Waals surface area (Å²) in [6, 6.07) is 27.5. The zero-order valence-electron chi connectivity index (χ0n) is 20.7. The molecule has 33 heavy (non-hydrogen) atoms. The highest BCUT2D eigenvalue weighted by Crippen LogP contribution is 2.28. The van der Waals surface area contributed by atoms with Crippen LogP contribution in [0.4, 0.5) is 0 Å². The van der Waals surface area contributed by atoms with Gasteiger partial charge in [-0.15, -0.1) is 0 Å². The number of rotatable bonds is 4. The van der Waals surface area contributed by atoms with Crippen LogP contribution < -0.4 is 16.4 Å². The summed E-state index contributed by atoms with van der Waals surface area (Å²) < 4.78 is 2.43. The summed E-state index contributed by atoms with van der Waals surface area (Å²) in [4.78, 5) is 0. The van der Waals surface area contributed by atoms with E-state index in [1.54, 1.807) is 0 Å². The zero-order valence-corrected chi connectivity index (χ0v) is 20.7. The minimum Gasteiger partial charge on any atom is -0.341 e. The second-order valence-corrected chi connectivity index (χ2v) is 9.64. The van der Waals surface area contributed by atoms with E-state index in [9.17, 15) is 0 Å². The Balaban J connectivity index is 1.83. The van der Waals surface area contributed by atoms with Crippen molar-refractivity contribution in [3.63, 3.8) is 0 Å². The van der Waals surface area contributed by atoms with Crippen LogP contribution in [0.25, 0.3) is 21.8 Å². The van der Waals surface area contributed by atoms with Crippen LogP contribution in [0.15, 0.2) is 72.8 Å². The lowest BCUT2D eigenvalue weighted by Crippen LogP contribution is -2.54. The van der Waals surface area contributed by atoms with Crippen molar-refractivity contribution in [2.75, 3.05) is 0 Å². The average Bonchev–Trinajstić information content (AvgIpc) is 3.10. The highest BCUT2D eigenvalue weighted by Gasteiger charge is 2.27. The fraction of sp³-hybridized carbons (Fsp3) is 0.226. The molecule has 0 bridgehead atoms. The third-order valence-electron chi connectivity index (χ3n) is 7.21. The number of hydrogen-bond acceptors (Lipinski definition) is 0. The first-order chi connectivity index (χ1) is 15.9. The summed E-state index contributed by atoms with van der Waals surface area (Å²) in [5.41, 5.74) is 13.6. The van der Waals surface area contributed by atoms with E-state index in [2.05, 4.69) is 119 Å². The molecule has 0 spiro atoms. The predicted molar refractivity (Wildman–Crippen MR) is 146 cm³/mol. The van der Waals surface area contributed by atoms with Gasteiger partial charge in [0.05, 0.1) is 0 Å². The molecule has 5 rings (SSSR count). The molecule has 0 saturated heterocycles. The fourth-order valence-electron chi connectivity index (χ4n) is 5.89. The molecule has 0 saturated carbocycles. The third kappa shape index (κ3) is 3.58. The number of hydrogen-bond donors (Lipinski definition) is 0. The van der Waals surface area contributed by atoms with E-state index in [4.69, 9.17) is 0 Å². The average molecular weight is 429 g/mol. The number of nitrogens with zero attached hydrogens (tertiary/aromatic N) is 1. The Hall–Kier alpha value is -3.26. The Kier molecular flexibility index (Phi) is 5.41. The van der Waals surface area contributed by atoms with Crippen molar-refractivity contribution in [3.05, 3.63) is 101 Å². The Morgan fingerprint density at radius 3 is 2.00 bits per heavy atom. The van der Waals surface area contributed by atoms with Crippen LogP contribution >= 0.6 is 0 Å². The molecule has 2 heteroatoms. The molecule has 0 fully saturated rings. The predicted octanol–water partition coefficient (Wildman–Crippen LogP) is 5.87. The summed E-state index contributed by atoms with van der Waals surface area (Å²) in [7, 11) is 0. The molecule has 0 unspecified atom stereocenters. The molecule has 1 heterocycles. The Morgan fingerprint density at radius 1 is 0.636 bits per heavy atom. The minimum absolute atomic E-state index is 0.208. The van der Waals surface area contributed by atoms with Crippen molar-refractivity contribution in [1.29, 1.82) is 0 Å². The van der Waals surface area contributed by atoms with Crippen LogP contribution in [-0.4, -0.2) is 11.3 Å². The molecule has 0 atom stereocenters. The molecule has 0 radical (unpaired) electrons. The van der Waals surface area contributed by atoms with Crippen molar-refractivity contribution in [3.8, 4) is 0 Å². The maximum absolute atomic E-state index is 2.45. The summed E-state index contributed by atoms with van der Waals surface area (Å²) in [5, 5.41) is 2.69. The highest BCUT2D eigenvalue weighted by atomic mass is 15.0. The smallest absolute Gasteiger partial charge is 0.242 e. The maximum Gasteiger partial charge on any atom is 0.242 e. The number of benzene rings is 4. The van der Waals surface area contributed by atoms with Gasteiger partial charge in [0.15, 0.2) is 0 Å². The topological polar surface area (TPSA) is 4.93 Å². The van der Waals surface area contributed by atoms with Gasteiger partial charge in [0, 0.05) is 28.4 Å². The zero-order chi connectivity index (χ0) is 23.3. The molecule has 0 aliphatic carbocycles. The van der Waals surface area contributed by atoms with Crippen molar-refractivity contribution in [2.45, 2.75) is 48.1 Å². The third-order valence-corrected chi connectivity index (χ3v) is 7.21. The fourth-order valence-corrected chi connectivity index (χ4v) is 5.89. The van der Waals surface area contributed by atoms with Crippen LogP contribution in [-0.2, 0) is 6.54 Å². The van der Waals surface area contributed by atoms with Gasteiger partial charge in [-0.3, -0.25) is 0 Å². The van der Waals surface area contributed by atoms with Gasteiger partial charge in [-0.05, 0) is 53.7 Å². The number of aromatic nitrogens is 1. The summed E-state index contributed by atoms with van der Waals surface area (Å²) in [5.74, 6) is 0. The standard InChI is InChI=1S/C31H32BN/c1-7-33-29-11-9-8-10-26(29)27-19-25(13-15-30(27)33)32(28-14-12-20(2)16-22(28)4)31-23(5)17-21(3)18-24(31)6/h8-19H,7H2,1-6H3. The molecule has 0 aliphatic heterocycles. The van der Waals surface area contributed by atoms with Gasteiger partial charge in [0.2, 0.25) is 6.71 Å². The normalized spacial score (nSPS) is 11.5. The molecular formula is C31H32BN. The van der Waals surface area contributed by atoms with Crippen LogP contribution in [0, 0.1) is 34.6 Å². The molecule has 1 nitrogen and oxygen atoms in total. The van der Waals surface area contributed by atoms with Gasteiger partial charge < -0.3 is 4.57 Å². The SMILES string of the molecule is CCn1c2ccccc2c2cc(B(c3ccc(C)cc3C)c3c(C)cc(C)cc3C)ccc21. The van der Waals surface area contributed by atoms with E-state index in [0.717, 1.165) is 6.54 Å². The van der Waals surface area contributed by atoms with Gasteiger partial charge in [-0.1, -0.05) is 105 Å². The molecule has 1 aromatic heterocycles. The monoisotopic (exact) mass is 429 g/mol. The molecule has 0 aliphatic rings. The van der Waals surface area contributed by atoms with Crippen LogP contribution in [0.3, 0.4) is 0 Å². The van der Waals surface area contributed by atoms with Crippen molar-refractivity contribution < 1.29 is 0 Å². The number of aryl methyl sites for hydroxylation is 6. The Morgan fingerprint density at radius 2 is 1.30 bits per heavy atom. The van der Waals surface area contributed by atoms with Crippen LogP contribution in [0.1, 0.15) is 34.7 Å². The lowest BCUT2D eigenvalue weighted by molar-refractivity contribution is 0.827. The Labute approximate surface area is 198 Å². The van der Waals surface area contributed by atoms with Gasteiger partial charge in [0.1, 0.15) is 0 Å². The molecule has 5 aromatic rings. The molecule has 0 amide bonds. The first kappa shape index (κ1) is 21.6. The summed E-state index contributed by atoms with van der Waals surface area (Å²) >= 11 is 0. The van der Waals surface area contributed by atoms with Crippen LogP contribution in [0.5, 0.6) is 0 Å². The Bertz CT molecular complexity index is 1480. The quantitative estimate of drug-likeness (QED) is 0.315. The summed E-state index contributed by atoms with van der Waals surface area (Å²) in [6.45, 7) is 14.6. The second-order valence-electron chi connectivity index (χ2n) is 9.64. The van der Waals surface area contributed by atoms with E-state index < -0.39 is 0 Å². The maximum atomic E-state index is 2.45.